The Bertz CT molecular complexity index is 888. The molecule has 8 nitrogen and oxygen atoms in total. The maximum atomic E-state index is 13.3. The van der Waals surface area contributed by atoms with Gasteiger partial charge in [0.1, 0.15) is 18.0 Å². The molecular formula is C22H25N3O5. The minimum Gasteiger partial charge on any atom is -0.492 e. The molecule has 3 amide bonds. The molecule has 0 radical (unpaired) electrons. The molecule has 0 saturated carbocycles. The number of carbonyl (C=O) groups is 3. The van der Waals surface area contributed by atoms with Gasteiger partial charge in [-0.05, 0) is 12.1 Å². The smallest absolute Gasteiger partial charge is 0.230 e. The molecule has 3 saturated heterocycles. The molecule has 4 heterocycles. The number of nitrogens with one attached hydrogen (secondary N) is 1. The first-order chi connectivity index (χ1) is 14.6. The summed E-state index contributed by atoms with van der Waals surface area (Å²) in [4.78, 5) is 41.6. The van der Waals surface area contributed by atoms with Gasteiger partial charge >= 0.3 is 0 Å². The number of benzene rings is 1. The first kappa shape index (κ1) is 19.1. The van der Waals surface area contributed by atoms with Gasteiger partial charge in [-0.25, -0.2) is 0 Å². The molecule has 3 fully saturated rings. The van der Waals surface area contributed by atoms with Crippen molar-refractivity contribution < 1.29 is 23.9 Å². The molecule has 0 aromatic heterocycles. The van der Waals surface area contributed by atoms with Gasteiger partial charge in [-0.1, -0.05) is 30.4 Å². The second-order valence-electron chi connectivity index (χ2n) is 8.25. The molecule has 30 heavy (non-hydrogen) atoms. The van der Waals surface area contributed by atoms with Crippen LogP contribution in [0, 0.1) is 11.8 Å². The molecule has 1 N–H and O–H groups in total. The summed E-state index contributed by atoms with van der Waals surface area (Å²) in [6, 6.07) is 9.48. The van der Waals surface area contributed by atoms with E-state index >= 15 is 0 Å². The van der Waals surface area contributed by atoms with Crippen LogP contribution in [0.5, 0.6) is 5.75 Å². The third-order valence-corrected chi connectivity index (χ3v) is 6.46. The summed E-state index contributed by atoms with van der Waals surface area (Å²) >= 11 is 0. The van der Waals surface area contributed by atoms with E-state index in [1.165, 1.54) is 0 Å². The summed E-state index contributed by atoms with van der Waals surface area (Å²) in [5.74, 6) is -0.479. The van der Waals surface area contributed by atoms with E-state index in [4.69, 9.17) is 9.47 Å². The van der Waals surface area contributed by atoms with Gasteiger partial charge in [0, 0.05) is 26.1 Å². The van der Waals surface area contributed by atoms with Crippen molar-refractivity contribution >= 4 is 17.7 Å². The first-order valence-electron chi connectivity index (χ1n) is 10.5. The summed E-state index contributed by atoms with van der Waals surface area (Å²) in [6.45, 7) is 2.53. The number of hydrogen-bond donors (Lipinski definition) is 1. The fourth-order valence-corrected chi connectivity index (χ4v) is 5.04. The molecular weight excluding hydrogens is 386 g/mol. The average molecular weight is 411 g/mol. The lowest BCUT2D eigenvalue weighted by molar-refractivity contribution is -0.143. The van der Waals surface area contributed by atoms with Crippen LogP contribution in [-0.2, 0) is 19.1 Å². The molecule has 2 unspecified atom stereocenters. The number of ether oxygens (including phenoxy) is 2. The number of hydrogen-bond acceptors (Lipinski definition) is 5. The maximum Gasteiger partial charge on any atom is 0.230 e. The third-order valence-electron chi connectivity index (χ3n) is 6.46. The Kier molecular flexibility index (Phi) is 4.73. The number of carbonyl (C=O) groups excluding carboxylic acids is 3. The van der Waals surface area contributed by atoms with Crippen LogP contribution in [0.4, 0.5) is 0 Å². The zero-order valence-corrected chi connectivity index (χ0v) is 16.7. The van der Waals surface area contributed by atoms with Crippen molar-refractivity contribution in [1.82, 2.24) is 15.1 Å². The van der Waals surface area contributed by atoms with E-state index in [1.807, 2.05) is 42.5 Å². The standard InChI is InChI=1S/C22H25N3O5/c26-17-7-10-24(11-9-23-17)20(27)18-16-6-8-22(30-16)14-25(21(28)19(18)22)12-13-29-15-4-2-1-3-5-15/h1-6,8,16,18-19H,7,9-14H2,(H,23,26)/t16-,18?,19?,22-/m1/s1. The van der Waals surface area contributed by atoms with Crippen LogP contribution in [0.2, 0.25) is 0 Å². The largest absolute Gasteiger partial charge is 0.492 e. The van der Waals surface area contributed by atoms with Crippen LogP contribution in [0.1, 0.15) is 6.42 Å². The fraction of sp³-hybridized carbons (Fsp3) is 0.500. The van der Waals surface area contributed by atoms with Gasteiger partial charge in [0.2, 0.25) is 17.7 Å². The lowest BCUT2D eigenvalue weighted by atomic mass is 9.76. The second-order valence-corrected chi connectivity index (χ2v) is 8.25. The molecule has 158 valence electrons. The van der Waals surface area contributed by atoms with E-state index < -0.39 is 17.4 Å². The van der Waals surface area contributed by atoms with E-state index in [0.29, 0.717) is 39.3 Å². The van der Waals surface area contributed by atoms with Crippen molar-refractivity contribution in [3.05, 3.63) is 42.5 Å². The Balaban J connectivity index is 1.27. The summed E-state index contributed by atoms with van der Waals surface area (Å²) in [7, 11) is 0. The molecule has 4 atom stereocenters. The number of fused-ring (bicyclic) bond motifs is 1. The van der Waals surface area contributed by atoms with Gasteiger partial charge in [-0.15, -0.1) is 0 Å². The minimum atomic E-state index is -0.727. The molecule has 8 heteroatoms. The quantitative estimate of drug-likeness (QED) is 0.700. The summed E-state index contributed by atoms with van der Waals surface area (Å²) in [5, 5.41) is 2.78. The van der Waals surface area contributed by atoms with Crippen LogP contribution >= 0.6 is 0 Å². The monoisotopic (exact) mass is 411 g/mol. The predicted molar refractivity (Wildman–Crippen MR) is 106 cm³/mol. The molecule has 0 aliphatic carbocycles. The van der Waals surface area contributed by atoms with Crippen molar-refractivity contribution in [2.75, 3.05) is 39.3 Å². The van der Waals surface area contributed by atoms with Crippen LogP contribution in [0.25, 0.3) is 0 Å². The van der Waals surface area contributed by atoms with Gasteiger partial charge in [0.25, 0.3) is 0 Å². The highest BCUT2D eigenvalue weighted by Gasteiger charge is 2.67. The number of likely N-dealkylation sites (tertiary alicyclic amines) is 1. The Morgan fingerprint density at radius 1 is 1.23 bits per heavy atom. The molecule has 5 rings (SSSR count). The molecule has 4 aliphatic rings. The van der Waals surface area contributed by atoms with E-state index in [1.54, 1.807) is 9.80 Å². The number of para-hydroxylation sites is 1. The molecule has 1 aromatic carbocycles. The summed E-state index contributed by atoms with van der Waals surface area (Å²) < 4.78 is 11.9. The van der Waals surface area contributed by atoms with Crippen LogP contribution in [0.3, 0.4) is 0 Å². The first-order valence-corrected chi connectivity index (χ1v) is 10.5. The number of nitrogens with zero attached hydrogens (tertiary/aromatic N) is 2. The Labute approximate surface area is 174 Å². The van der Waals surface area contributed by atoms with Crippen molar-refractivity contribution in [2.45, 2.75) is 18.1 Å². The van der Waals surface area contributed by atoms with Crippen LogP contribution in [0.15, 0.2) is 42.5 Å². The Morgan fingerprint density at radius 2 is 2.07 bits per heavy atom. The average Bonchev–Trinajstić information content (AvgIpc) is 3.32. The minimum absolute atomic E-state index is 0.0487. The van der Waals surface area contributed by atoms with E-state index in [-0.39, 0.29) is 30.2 Å². The van der Waals surface area contributed by atoms with E-state index in [0.717, 1.165) is 5.75 Å². The van der Waals surface area contributed by atoms with Gasteiger partial charge in [-0.3, -0.25) is 14.4 Å². The lowest BCUT2D eigenvalue weighted by Gasteiger charge is -2.29. The van der Waals surface area contributed by atoms with Gasteiger partial charge < -0.3 is 24.6 Å². The number of amides is 3. The molecule has 1 spiro atoms. The van der Waals surface area contributed by atoms with Gasteiger partial charge in [0.15, 0.2) is 0 Å². The Morgan fingerprint density at radius 3 is 2.90 bits per heavy atom. The zero-order valence-electron chi connectivity index (χ0n) is 16.7. The van der Waals surface area contributed by atoms with E-state index in [2.05, 4.69) is 5.32 Å². The normalized spacial score (nSPS) is 32.2. The number of rotatable bonds is 5. The van der Waals surface area contributed by atoms with Gasteiger partial charge in [0.05, 0.1) is 31.0 Å². The van der Waals surface area contributed by atoms with Crippen LogP contribution in [-0.4, -0.2) is 78.6 Å². The second kappa shape index (κ2) is 7.43. The van der Waals surface area contributed by atoms with Crippen molar-refractivity contribution in [2.24, 2.45) is 11.8 Å². The van der Waals surface area contributed by atoms with Crippen molar-refractivity contribution in [1.29, 1.82) is 0 Å². The fourth-order valence-electron chi connectivity index (χ4n) is 5.04. The van der Waals surface area contributed by atoms with Crippen LogP contribution < -0.4 is 10.1 Å². The third kappa shape index (κ3) is 3.15. The van der Waals surface area contributed by atoms with E-state index in [9.17, 15) is 14.4 Å². The SMILES string of the molecule is O=C1CCN(C(=O)C2C3C(=O)N(CCOc4ccccc4)C[C@]34C=C[C@H]2O4)CCN1. The molecule has 2 bridgehead atoms. The lowest BCUT2D eigenvalue weighted by Crippen LogP contribution is -2.47. The predicted octanol–water partition coefficient (Wildman–Crippen LogP) is 0.196. The van der Waals surface area contributed by atoms with Gasteiger partial charge in [-0.2, -0.15) is 0 Å². The maximum absolute atomic E-state index is 13.3. The molecule has 4 aliphatic heterocycles. The summed E-state index contributed by atoms with van der Waals surface area (Å²) in [6.07, 6.45) is 3.78. The topological polar surface area (TPSA) is 88.2 Å². The highest BCUT2D eigenvalue weighted by molar-refractivity contribution is 5.93. The zero-order chi connectivity index (χ0) is 20.7. The Hall–Kier alpha value is -2.87. The molecule has 1 aromatic rings. The van der Waals surface area contributed by atoms with Crippen molar-refractivity contribution in [3.8, 4) is 5.75 Å². The van der Waals surface area contributed by atoms with Crippen molar-refractivity contribution in [3.63, 3.8) is 0 Å². The highest BCUT2D eigenvalue weighted by atomic mass is 16.5. The highest BCUT2D eigenvalue weighted by Crippen LogP contribution is 2.52. The summed E-state index contributed by atoms with van der Waals surface area (Å²) in [5.41, 5.74) is -0.727.